The van der Waals surface area contributed by atoms with Crippen LogP contribution in [-0.4, -0.2) is 43.4 Å². The summed E-state index contributed by atoms with van der Waals surface area (Å²) in [5.74, 6) is 1.11. The lowest BCUT2D eigenvalue weighted by Crippen LogP contribution is -2.30. The normalized spacial score (nSPS) is 10.9. The van der Waals surface area contributed by atoms with Crippen LogP contribution in [0.3, 0.4) is 0 Å². The first kappa shape index (κ1) is 14.6. The number of hydrogen-bond donors (Lipinski definition) is 2. The molecule has 2 rings (SSSR count). The Morgan fingerprint density at radius 3 is 2.90 bits per heavy atom. The molecule has 5 heteroatoms. The van der Waals surface area contributed by atoms with E-state index < -0.39 is 0 Å². The highest BCUT2D eigenvalue weighted by molar-refractivity contribution is 5.93. The number of aromatic hydroxyl groups is 1. The zero-order valence-corrected chi connectivity index (χ0v) is 11.7. The van der Waals surface area contributed by atoms with Crippen molar-refractivity contribution in [3.05, 3.63) is 30.5 Å². The van der Waals surface area contributed by atoms with Crippen molar-refractivity contribution in [2.24, 2.45) is 5.73 Å². The zero-order valence-electron chi connectivity index (χ0n) is 11.7. The molecule has 20 heavy (non-hydrogen) atoms. The largest absolute Gasteiger partial charge is 0.508 e. The van der Waals surface area contributed by atoms with Crippen molar-refractivity contribution in [2.45, 2.75) is 6.42 Å². The summed E-state index contributed by atoms with van der Waals surface area (Å²) < 4.78 is 5.16. The number of nitrogens with zero attached hydrogens (tertiary/aromatic N) is 2. The van der Waals surface area contributed by atoms with E-state index in [-0.39, 0.29) is 5.75 Å². The lowest BCUT2D eigenvalue weighted by atomic mass is 10.1. The van der Waals surface area contributed by atoms with Crippen LogP contribution in [0.15, 0.2) is 30.5 Å². The van der Waals surface area contributed by atoms with E-state index in [9.17, 15) is 5.11 Å². The van der Waals surface area contributed by atoms with E-state index in [0.717, 1.165) is 36.1 Å². The Kier molecular flexibility index (Phi) is 5.15. The molecular formula is C15H21N3O2. The number of ether oxygens (including phenoxy) is 1. The van der Waals surface area contributed by atoms with Crippen LogP contribution in [0.2, 0.25) is 0 Å². The molecule has 0 bridgehead atoms. The number of phenols is 1. The van der Waals surface area contributed by atoms with Crippen molar-refractivity contribution < 1.29 is 9.84 Å². The van der Waals surface area contributed by atoms with E-state index in [2.05, 4.69) is 9.88 Å². The van der Waals surface area contributed by atoms with E-state index in [1.165, 1.54) is 0 Å². The maximum absolute atomic E-state index is 9.70. The number of fused-ring (bicyclic) bond motifs is 1. The summed E-state index contributed by atoms with van der Waals surface area (Å²) in [5, 5.41) is 11.7. The molecule has 1 aromatic heterocycles. The minimum Gasteiger partial charge on any atom is -0.508 e. The highest BCUT2D eigenvalue weighted by Gasteiger charge is 2.11. The average molecular weight is 275 g/mol. The minimum absolute atomic E-state index is 0.247. The Morgan fingerprint density at radius 1 is 1.30 bits per heavy atom. The Labute approximate surface area is 119 Å². The standard InChI is InChI=1S/C15H21N3O2/c1-20-10-9-18(8-2-6-16)15-14-11-13(19)4-3-12(14)5-7-17-15/h3-5,7,11,19H,2,6,8-10,16H2,1H3. The van der Waals surface area contributed by atoms with Gasteiger partial charge in [-0.2, -0.15) is 0 Å². The van der Waals surface area contributed by atoms with Gasteiger partial charge < -0.3 is 20.5 Å². The van der Waals surface area contributed by atoms with Crippen LogP contribution in [0.25, 0.3) is 10.8 Å². The molecule has 0 aliphatic rings. The molecule has 1 heterocycles. The maximum atomic E-state index is 9.70. The molecular weight excluding hydrogens is 254 g/mol. The first-order valence-electron chi connectivity index (χ1n) is 6.78. The number of nitrogens with two attached hydrogens (primary N) is 1. The summed E-state index contributed by atoms with van der Waals surface area (Å²) in [6.45, 7) is 2.83. The molecule has 0 atom stereocenters. The van der Waals surface area contributed by atoms with Gasteiger partial charge in [0.05, 0.1) is 6.61 Å². The van der Waals surface area contributed by atoms with Crippen molar-refractivity contribution in [3.63, 3.8) is 0 Å². The first-order valence-corrected chi connectivity index (χ1v) is 6.78. The summed E-state index contributed by atoms with van der Waals surface area (Å²) in [5.41, 5.74) is 5.60. The third kappa shape index (κ3) is 3.37. The third-order valence-electron chi connectivity index (χ3n) is 3.23. The second-order valence-corrected chi connectivity index (χ2v) is 4.66. The molecule has 0 unspecified atom stereocenters. The molecule has 0 aliphatic carbocycles. The fraction of sp³-hybridized carbons (Fsp3) is 0.400. The molecule has 0 aliphatic heterocycles. The zero-order chi connectivity index (χ0) is 14.4. The Balaban J connectivity index is 2.37. The van der Waals surface area contributed by atoms with Crippen LogP contribution < -0.4 is 10.6 Å². The summed E-state index contributed by atoms with van der Waals surface area (Å²) in [4.78, 5) is 6.62. The van der Waals surface area contributed by atoms with Crippen molar-refractivity contribution in [2.75, 3.05) is 38.3 Å². The molecule has 108 valence electrons. The first-order chi connectivity index (χ1) is 9.76. The number of phenolic OH excluding ortho intramolecular Hbond substituents is 1. The van der Waals surface area contributed by atoms with Crippen LogP contribution in [0, 0.1) is 0 Å². The van der Waals surface area contributed by atoms with E-state index in [1.54, 1.807) is 25.4 Å². The SMILES string of the molecule is COCCN(CCCN)c1nccc2ccc(O)cc12. The van der Waals surface area contributed by atoms with Gasteiger partial charge in [0.15, 0.2) is 0 Å². The second kappa shape index (κ2) is 7.07. The van der Waals surface area contributed by atoms with Crippen molar-refractivity contribution in [1.82, 2.24) is 4.98 Å². The Bertz CT molecular complexity index is 552. The van der Waals surface area contributed by atoms with Gasteiger partial charge in [-0.1, -0.05) is 6.07 Å². The van der Waals surface area contributed by atoms with Gasteiger partial charge in [0.2, 0.25) is 0 Å². The van der Waals surface area contributed by atoms with Crippen LogP contribution >= 0.6 is 0 Å². The highest BCUT2D eigenvalue weighted by atomic mass is 16.5. The van der Waals surface area contributed by atoms with Crippen LogP contribution in [0.5, 0.6) is 5.75 Å². The fourth-order valence-electron chi connectivity index (χ4n) is 2.20. The van der Waals surface area contributed by atoms with Crippen molar-refractivity contribution in [1.29, 1.82) is 0 Å². The summed E-state index contributed by atoms with van der Waals surface area (Å²) >= 11 is 0. The Hall–Kier alpha value is -1.85. The predicted molar refractivity (Wildman–Crippen MR) is 81.2 cm³/mol. The molecule has 2 aromatic rings. The molecule has 0 fully saturated rings. The van der Waals surface area contributed by atoms with E-state index in [1.807, 2.05) is 12.1 Å². The van der Waals surface area contributed by atoms with Gasteiger partial charge in [0, 0.05) is 31.8 Å². The number of anilines is 1. The number of hydrogen-bond acceptors (Lipinski definition) is 5. The molecule has 0 radical (unpaired) electrons. The fourth-order valence-corrected chi connectivity index (χ4v) is 2.20. The summed E-state index contributed by atoms with van der Waals surface area (Å²) in [6, 6.07) is 7.27. The average Bonchev–Trinajstić information content (AvgIpc) is 2.47. The smallest absolute Gasteiger partial charge is 0.136 e. The minimum atomic E-state index is 0.247. The summed E-state index contributed by atoms with van der Waals surface area (Å²) in [6.07, 6.45) is 2.68. The van der Waals surface area contributed by atoms with Gasteiger partial charge in [-0.15, -0.1) is 0 Å². The van der Waals surface area contributed by atoms with E-state index >= 15 is 0 Å². The van der Waals surface area contributed by atoms with Crippen LogP contribution in [-0.2, 0) is 4.74 Å². The number of aromatic nitrogens is 1. The van der Waals surface area contributed by atoms with Crippen molar-refractivity contribution in [3.8, 4) is 5.75 Å². The number of rotatable bonds is 7. The second-order valence-electron chi connectivity index (χ2n) is 4.66. The van der Waals surface area contributed by atoms with Gasteiger partial charge in [0.1, 0.15) is 11.6 Å². The lowest BCUT2D eigenvalue weighted by molar-refractivity contribution is 0.205. The quantitative estimate of drug-likeness (QED) is 0.805. The topological polar surface area (TPSA) is 71.6 Å². The number of methoxy groups -OCH3 is 1. The molecule has 0 saturated carbocycles. The number of benzene rings is 1. The lowest BCUT2D eigenvalue weighted by Gasteiger charge is -2.24. The van der Waals surface area contributed by atoms with Gasteiger partial charge >= 0.3 is 0 Å². The van der Waals surface area contributed by atoms with Crippen LogP contribution in [0.4, 0.5) is 5.82 Å². The van der Waals surface area contributed by atoms with Gasteiger partial charge in [-0.3, -0.25) is 0 Å². The highest BCUT2D eigenvalue weighted by Crippen LogP contribution is 2.27. The predicted octanol–water partition coefficient (Wildman–Crippen LogP) is 1.74. The van der Waals surface area contributed by atoms with E-state index in [4.69, 9.17) is 10.5 Å². The molecule has 0 amide bonds. The van der Waals surface area contributed by atoms with Crippen LogP contribution in [0.1, 0.15) is 6.42 Å². The molecule has 0 saturated heterocycles. The monoisotopic (exact) mass is 275 g/mol. The van der Waals surface area contributed by atoms with Crippen molar-refractivity contribution >= 4 is 16.6 Å². The third-order valence-corrected chi connectivity index (χ3v) is 3.23. The maximum Gasteiger partial charge on any atom is 0.136 e. The number of pyridine rings is 1. The van der Waals surface area contributed by atoms with E-state index in [0.29, 0.717) is 13.2 Å². The van der Waals surface area contributed by atoms with Gasteiger partial charge in [-0.25, -0.2) is 4.98 Å². The molecule has 5 nitrogen and oxygen atoms in total. The van der Waals surface area contributed by atoms with Gasteiger partial charge in [0.25, 0.3) is 0 Å². The molecule has 3 N–H and O–H groups in total. The summed E-state index contributed by atoms with van der Waals surface area (Å²) in [7, 11) is 1.68. The molecule has 0 spiro atoms. The Morgan fingerprint density at radius 2 is 2.15 bits per heavy atom. The molecule has 1 aromatic carbocycles. The van der Waals surface area contributed by atoms with Gasteiger partial charge in [-0.05, 0) is 36.6 Å².